The molecule has 0 unspecified atom stereocenters. The Hall–Kier alpha value is -2.71. The highest BCUT2D eigenvalue weighted by Gasteiger charge is 2.28. The van der Waals surface area contributed by atoms with Gasteiger partial charge < -0.3 is 5.32 Å². The summed E-state index contributed by atoms with van der Waals surface area (Å²) in [5.74, 6) is -0.630. The Bertz CT molecular complexity index is 987. The lowest BCUT2D eigenvalue weighted by Gasteiger charge is -2.29. The Balaban J connectivity index is 1.84. The minimum absolute atomic E-state index is 0.0876. The van der Waals surface area contributed by atoms with E-state index in [1.165, 1.54) is 33.5 Å². The van der Waals surface area contributed by atoms with Crippen LogP contribution in [-0.2, 0) is 14.8 Å². The molecule has 3 rings (SSSR count). The topological polar surface area (TPSA) is 86.8 Å². The summed E-state index contributed by atoms with van der Waals surface area (Å²) in [6, 6.07) is 12.9. The summed E-state index contributed by atoms with van der Waals surface area (Å²) in [6.07, 6.45) is 1.68. The number of amides is 2. The predicted octanol–water partition coefficient (Wildman–Crippen LogP) is 2.71. The fourth-order valence-corrected chi connectivity index (χ4v) is 4.23. The lowest BCUT2D eigenvalue weighted by molar-refractivity contribution is -0.115. The lowest BCUT2D eigenvalue weighted by atomic mass is 10.1. The third kappa shape index (κ3) is 3.93. The molecule has 2 aromatic rings. The van der Waals surface area contributed by atoms with Gasteiger partial charge in [-0.1, -0.05) is 25.5 Å². The van der Waals surface area contributed by atoms with E-state index < -0.39 is 10.0 Å². The molecular formula is C20H23N3O4S. The van der Waals surface area contributed by atoms with E-state index in [0.29, 0.717) is 23.5 Å². The molecule has 0 spiro atoms. The quantitative estimate of drug-likeness (QED) is 0.806. The number of anilines is 2. The number of unbranched alkanes of at least 4 members (excludes halogenated alkanes) is 1. The summed E-state index contributed by atoms with van der Waals surface area (Å²) in [5.41, 5.74) is 1.51. The van der Waals surface area contributed by atoms with E-state index in [1.54, 1.807) is 31.3 Å². The van der Waals surface area contributed by atoms with Gasteiger partial charge in [0.2, 0.25) is 15.9 Å². The van der Waals surface area contributed by atoms with Crippen molar-refractivity contribution in [3.8, 4) is 0 Å². The van der Waals surface area contributed by atoms with Crippen LogP contribution < -0.4 is 10.2 Å². The van der Waals surface area contributed by atoms with Gasteiger partial charge in [0.15, 0.2) is 0 Å². The number of para-hydroxylation sites is 2. The zero-order valence-corrected chi connectivity index (χ0v) is 16.7. The van der Waals surface area contributed by atoms with Crippen LogP contribution in [0.25, 0.3) is 0 Å². The standard InChI is InChI=1S/C20H23N3O4S/c1-3-4-13-22(2)28(26,27)16-11-9-15(10-12-16)20(25)23-14-19(24)21-17-7-5-6-8-18(17)23/h5-12H,3-4,13-14H2,1-2H3,(H,21,24). The largest absolute Gasteiger partial charge is 0.323 e. The van der Waals surface area contributed by atoms with Crippen LogP contribution in [0.3, 0.4) is 0 Å². The number of hydrogen-bond acceptors (Lipinski definition) is 4. The van der Waals surface area contributed by atoms with Gasteiger partial charge in [-0.25, -0.2) is 12.7 Å². The molecule has 1 aliphatic heterocycles. The molecule has 148 valence electrons. The van der Waals surface area contributed by atoms with Crippen molar-refractivity contribution in [2.24, 2.45) is 0 Å². The lowest BCUT2D eigenvalue weighted by Crippen LogP contribution is -2.42. The summed E-state index contributed by atoms with van der Waals surface area (Å²) in [6.45, 7) is 2.36. The minimum atomic E-state index is -3.59. The molecule has 28 heavy (non-hydrogen) atoms. The van der Waals surface area contributed by atoms with Gasteiger partial charge in [-0.05, 0) is 42.8 Å². The molecular weight excluding hydrogens is 378 g/mol. The van der Waals surface area contributed by atoms with Crippen LogP contribution in [0, 0.1) is 0 Å². The van der Waals surface area contributed by atoms with Crippen molar-refractivity contribution in [2.75, 3.05) is 30.4 Å². The van der Waals surface area contributed by atoms with E-state index in [9.17, 15) is 18.0 Å². The van der Waals surface area contributed by atoms with Crippen LogP contribution in [0.2, 0.25) is 0 Å². The normalized spacial score (nSPS) is 14.0. The number of nitrogens with one attached hydrogen (secondary N) is 1. The molecule has 2 aromatic carbocycles. The summed E-state index contributed by atoms with van der Waals surface area (Å²) in [7, 11) is -2.04. The third-order valence-electron chi connectivity index (χ3n) is 4.65. The molecule has 0 bridgehead atoms. The average molecular weight is 401 g/mol. The fraction of sp³-hybridized carbons (Fsp3) is 0.300. The number of nitrogens with zero attached hydrogens (tertiary/aromatic N) is 2. The molecule has 8 heteroatoms. The number of rotatable bonds is 6. The van der Waals surface area contributed by atoms with E-state index in [-0.39, 0.29) is 23.3 Å². The first-order valence-corrected chi connectivity index (χ1v) is 10.6. The molecule has 2 amide bonds. The maximum atomic E-state index is 12.9. The second kappa shape index (κ2) is 8.12. The van der Waals surface area contributed by atoms with E-state index in [1.807, 2.05) is 6.92 Å². The Kier molecular flexibility index (Phi) is 5.81. The summed E-state index contributed by atoms with van der Waals surface area (Å²) in [5, 5.41) is 2.74. The number of sulfonamides is 1. The zero-order chi connectivity index (χ0) is 20.3. The molecule has 7 nitrogen and oxygen atoms in total. The van der Waals surface area contributed by atoms with Gasteiger partial charge in [0, 0.05) is 19.2 Å². The van der Waals surface area contributed by atoms with Crippen LogP contribution in [0.15, 0.2) is 53.4 Å². The molecule has 0 saturated heterocycles. The molecule has 0 aliphatic carbocycles. The number of hydrogen-bond donors (Lipinski definition) is 1. The number of benzene rings is 2. The van der Waals surface area contributed by atoms with E-state index in [4.69, 9.17) is 0 Å². The van der Waals surface area contributed by atoms with Gasteiger partial charge >= 0.3 is 0 Å². The first-order valence-electron chi connectivity index (χ1n) is 9.11. The SMILES string of the molecule is CCCCN(C)S(=O)(=O)c1ccc(C(=O)N2CC(=O)Nc3ccccc32)cc1. The zero-order valence-electron chi connectivity index (χ0n) is 15.9. The first kappa shape index (κ1) is 20.0. The number of fused-ring (bicyclic) bond motifs is 1. The van der Waals surface area contributed by atoms with Crippen molar-refractivity contribution >= 4 is 33.2 Å². The van der Waals surface area contributed by atoms with Crippen LogP contribution in [0.5, 0.6) is 0 Å². The molecule has 0 atom stereocenters. The van der Waals surface area contributed by atoms with Crippen molar-refractivity contribution in [2.45, 2.75) is 24.7 Å². The van der Waals surface area contributed by atoms with Crippen molar-refractivity contribution in [1.29, 1.82) is 0 Å². The highest BCUT2D eigenvalue weighted by Crippen LogP contribution is 2.30. The number of carbonyl (C=O) groups is 2. The summed E-state index contributed by atoms with van der Waals surface area (Å²) >= 11 is 0. The Morgan fingerprint density at radius 3 is 2.50 bits per heavy atom. The molecule has 1 aliphatic rings. The summed E-state index contributed by atoms with van der Waals surface area (Å²) < 4.78 is 26.5. The van der Waals surface area contributed by atoms with Gasteiger partial charge in [0.05, 0.1) is 16.3 Å². The van der Waals surface area contributed by atoms with E-state index in [2.05, 4.69) is 5.32 Å². The van der Waals surface area contributed by atoms with Gasteiger partial charge in [-0.15, -0.1) is 0 Å². The van der Waals surface area contributed by atoms with Crippen LogP contribution in [-0.4, -0.2) is 44.7 Å². The van der Waals surface area contributed by atoms with Crippen LogP contribution in [0.1, 0.15) is 30.1 Å². The van der Waals surface area contributed by atoms with Crippen LogP contribution >= 0.6 is 0 Å². The van der Waals surface area contributed by atoms with Crippen molar-refractivity contribution in [1.82, 2.24) is 4.31 Å². The predicted molar refractivity (Wildman–Crippen MR) is 108 cm³/mol. The van der Waals surface area contributed by atoms with Gasteiger partial charge in [-0.3, -0.25) is 14.5 Å². The van der Waals surface area contributed by atoms with Crippen molar-refractivity contribution in [3.63, 3.8) is 0 Å². The maximum absolute atomic E-state index is 12.9. The molecule has 0 aromatic heterocycles. The molecule has 1 heterocycles. The maximum Gasteiger partial charge on any atom is 0.258 e. The third-order valence-corrected chi connectivity index (χ3v) is 6.52. The molecule has 1 N–H and O–H groups in total. The van der Waals surface area contributed by atoms with E-state index >= 15 is 0 Å². The highest BCUT2D eigenvalue weighted by molar-refractivity contribution is 7.89. The monoisotopic (exact) mass is 401 g/mol. The van der Waals surface area contributed by atoms with Crippen LogP contribution in [0.4, 0.5) is 11.4 Å². The Morgan fingerprint density at radius 1 is 1.14 bits per heavy atom. The molecule has 0 fully saturated rings. The van der Waals surface area contributed by atoms with Crippen molar-refractivity contribution in [3.05, 3.63) is 54.1 Å². The Morgan fingerprint density at radius 2 is 1.82 bits per heavy atom. The minimum Gasteiger partial charge on any atom is -0.323 e. The second-order valence-electron chi connectivity index (χ2n) is 6.66. The number of carbonyl (C=O) groups excluding carboxylic acids is 2. The van der Waals surface area contributed by atoms with Gasteiger partial charge in [0.25, 0.3) is 5.91 Å². The summed E-state index contributed by atoms with van der Waals surface area (Å²) in [4.78, 5) is 26.4. The highest BCUT2D eigenvalue weighted by atomic mass is 32.2. The van der Waals surface area contributed by atoms with Crippen molar-refractivity contribution < 1.29 is 18.0 Å². The molecule has 0 saturated carbocycles. The van der Waals surface area contributed by atoms with E-state index in [0.717, 1.165) is 12.8 Å². The van der Waals surface area contributed by atoms with Gasteiger partial charge in [0.1, 0.15) is 6.54 Å². The second-order valence-corrected chi connectivity index (χ2v) is 8.71. The fourth-order valence-electron chi connectivity index (χ4n) is 3.02. The van der Waals surface area contributed by atoms with Gasteiger partial charge in [-0.2, -0.15) is 0 Å². The smallest absolute Gasteiger partial charge is 0.258 e. The first-order chi connectivity index (χ1) is 13.3. The average Bonchev–Trinajstić information content (AvgIpc) is 2.70. The Labute approximate surface area is 165 Å². The molecule has 0 radical (unpaired) electrons.